The van der Waals surface area contributed by atoms with E-state index >= 15 is 0 Å². The largest absolute Gasteiger partial charge is 0.135 e. The van der Waals surface area contributed by atoms with Crippen LogP contribution < -0.4 is 0 Å². The fourth-order valence-electron chi connectivity index (χ4n) is 4.34. The summed E-state index contributed by atoms with van der Waals surface area (Å²) >= 11 is 8.59. The van der Waals surface area contributed by atoms with Crippen molar-refractivity contribution in [2.75, 3.05) is 0 Å². The molecule has 0 N–H and O–H groups in total. The van der Waals surface area contributed by atoms with E-state index in [1.54, 1.807) is 0 Å². The minimum absolute atomic E-state index is 0.780. The molecule has 0 nitrogen and oxygen atoms in total. The Labute approximate surface area is 184 Å². The van der Waals surface area contributed by atoms with Crippen molar-refractivity contribution in [3.05, 3.63) is 108 Å². The van der Waals surface area contributed by atoms with Crippen LogP contribution in [-0.4, -0.2) is 0 Å². The molecule has 6 rings (SSSR count). The molecular weight excluding hydrogens is 404 g/mol. The lowest BCUT2D eigenvalue weighted by Crippen LogP contribution is -1.86. The van der Waals surface area contributed by atoms with E-state index in [2.05, 4.69) is 84.9 Å². The monoisotopic (exact) mass is 420 g/mol. The molecule has 1 heterocycles. The Morgan fingerprint density at radius 3 is 2.27 bits per heavy atom. The van der Waals surface area contributed by atoms with Crippen LogP contribution in [0.3, 0.4) is 0 Å². The average Bonchev–Trinajstić information content (AvgIpc) is 3.18. The Kier molecular flexibility index (Phi) is 4.12. The molecule has 0 aliphatic carbocycles. The van der Waals surface area contributed by atoms with E-state index in [0.717, 1.165) is 21.7 Å². The summed E-state index contributed by atoms with van der Waals surface area (Å²) in [6.07, 6.45) is 0. The molecule has 0 unspecified atom stereocenters. The number of benzene rings is 5. The van der Waals surface area contributed by atoms with Crippen molar-refractivity contribution in [1.82, 2.24) is 0 Å². The fourth-order valence-corrected chi connectivity index (χ4v) is 5.90. The van der Waals surface area contributed by atoms with Gasteiger partial charge in [0.15, 0.2) is 0 Å². The summed E-state index contributed by atoms with van der Waals surface area (Å²) in [5, 5.41) is 6.01. The second-order valence-corrected chi connectivity index (χ2v) is 8.96. The Balaban J connectivity index is 1.62. The summed E-state index contributed by atoms with van der Waals surface area (Å²) in [5.41, 5.74) is 4.59. The van der Waals surface area contributed by atoms with Gasteiger partial charge in [-0.15, -0.1) is 11.3 Å². The van der Waals surface area contributed by atoms with Gasteiger partial charge in [-0.3, -0.25) is 0 Å². The maximum absolute atomic E-state index is 6.73. The minimum Gasteiger partial charge on any atom is -0.135 e. The Morgan fingerprint density at radius 1 is 0.567 bits per heavy atom. The summed E-state index contributed by atoms with van der Waals surface area (Å²) in [4.78, 5) is 0. The van der Waals surface area contributed by atoms with Crippen LogP contribution in [0.1, 0.15) is 0 Å². The molecule has 1 aromatic heterocycles. The van der Waals surface area contributed by atoms with E-state index in [0.29, 0.717) is 0 Å². The first-order chi connectivity index (χ1) is 14.8. The number of fused-ring (bicyclic) bond motifs is 5. The van der Waals surface area contributed by atoms with Crippen LogP contribution in [0.5, 0.6) is 0 Å². The lowest BCUT2D eigenvalue weighted by atomic mass is 9.94. The molecule has 2 heteroatoms. The Bertz CT molecular complexity index is 1540. The maximum Gasteiger partial charge on any atom is 0.0490 e. The SMILES string of the molecule is Clc1cccc(-c2ccccc2)c1-c1ccc2c(c1)sc1c3ccccc3ccc21. The van der Waals surface area contributed by atoms with Crippen LogP contribution in [0.15, 0.2) is 103 Å². The zero-order valence-electron chi connectivity index (χ0n) is 16.1. The van der Waals surface area contributed by atoms with E-state index in [1.807, 2.05) is 29.5 Å². The van der Waals surface area contributed by atoms with Crippen LogP contribution in [0.4, 0.5) is 0 Å². The lowest BCUT2D eigenvalue weighted by molar-refractivity contribution is 1.60. The van der Waals surface area contributed by atoms with Crippen molar-refractivity contribution in [3.8, 4) is 22.3 Å². The van der Waals surface area contributed by atoms with E-state index in [4.69, 9.17) is 11.6 Å². The fraction of sp³-hybridized carbons (Fsp3) is 0. The number of rotatable bonds is 2. The Hall–Kier alpha value is -3.13. The molecule has 0 aliphatic rings. The van der Waals surface area contributed by atoms with Gasteiger partial charge in [0.25, 0.3) is 0 Å². The summed E-state index contributed by atoms with van der Waals surface area (Å²) in [6.45, 7) is 0. The molecule has 0 saturated heterocycles. The number of halogens is 1. The Morgan fingerprint density at radius 2 is 1.37 bits per heavy atom. The maximum atomic E-state index is 6.73. The molecular formula is C28H17ClS. The van der Waals surface area contributed by atoms with Gasteiger partial charge in [0, 0.05) is 30.8 Å². The van der Waals surface area contributed by atoms with Crippen molar-refractivity contribution < 1.29 is 0 Å². The van der Waals surface area contributed by atoms with Gasteiger partial charge in [-0.2, -0.15) is 0 Å². The number of hydrogen-bond acceptors (Lipinski definition) is 1. The molecule has 142 valence electrons. The van der Waals surface area contributed by atoms with Crippen molar-refractivity contribution in [2.24, 2.45) is 0 Å². The molecule has 30 heavy (non-hydrogen) atoms. The van der Waals surface area contributed by atoms with Gasteiger partial charge in [-0.05, 0) is 39.6 Å². The average molecular weight is 421 g/mol. The van der Waals surface area contributed by atoms with Gasteiger partial charge < -0.3 is 0 Å². The van der Waals surface area contributed by atoms with Crippen LogP contribution in [0.25, 0.3) is 53.2 Å². The van der Waals surface area contributed by atoms with Crippen molar-refractivity contribution in [1.29, 1.82) is 0 Å². The quantitative estimate of drug-likeness (QED) is 0.262. The van der Waals surface area contributed by atoms with Crippen LogP contribution in [-0.2, 0) is 0 Å². The third kappa shape index (κ3) is 2.74. The first-order valence-electron chi connectivity index (χ1n) is 9.98. The first-order valence-corrected chi connectivity index (χ1v) is 11.2. The van der Waals surface area contributed by atoms with E-state index in [9.17, 15) is 0 Å². The molecule has 0 saturated carbocycles. The van der Waals surface area contributed by atoms with Crippen LogP contribution in [0, 0.1) is 0 Å². The van der Waals surface area contributed by atoms with Gasteiger partial charge in [0.2, 0.25) is 0 Å². The molecule has 0 amide bonds. The molecule has 5 aromatic carbocycles. The zero-order valence-corrected chi connectivity index (χ0v) is 17.7. The highest BCUT2D eigenvalue weighted by atomic mass is 35.5. The van der Waals surface area contributed by atoms with E-state index in [1.165, 1.54) is 36.5 Å². The van der Waals surface area contributed by atoms with Crippen molar-refractivity contribution >= 4 is 53.9 Å². The van der Waals surface area contributed by atoms with Crippen molar-refractivity contribution in [2.45, 2.75) is 0 Å². The van der Waals surface area contributed by atoms with Gasteiger partial charge in [-0.1, -0.05) is 103 Å². The normalized spacial score (nSPS) is 11.5. The number of thiophene rings is 1. The predicted octanol–water partition coefficient (Wildman–Crippen LogP) is 9.20. The highest BCUT2D eigenvalue weighted by molar-refractivity contribution is 7.26. The van der Waals surface area contributed by atoms with E-state index in [-0.39, 0.29) is 0 Å². The van der Waals surface area contributed by atoms with Crippen LogP contribution >= 0.6 is 22.9 Å². The third-order valence-electron chi connectivity index (χ3n) is 5.75. The second kappa shape index (κ2) is 6.98. The second-order valence-electron chi connectivity index (χ2n) is 7.50. The van der Waals surface area contributed by atoms with E-state index < -0.39 is 0 Å². The van der Waals surface area contributed by atoms with Crippen molar-refractivity contribution in [3.63, 3.8) is 0 Å². The number of hydrogen-bond donors (Lipinski definition) is 0. The van der Waals surface area contributed by atoms with Gasteiger partial charge in [0.05, 0.1) is 0 Å². The minimum atomic E-state index is 0.780. The molecule has 0 radical (unpaired) electrons. The smallest absolute Gasteiger partial charge is 0.0490 e. The molecule has 0 bridgehead atoms. The third-order valence-corrected chi connectivity index (χ3v) is 7.27. The summed E-state index contributed by atoms with van der Waals surface area (Å²) < 4.78 is 2.64. The topological polar surface area (TPSA) is 0 Å². The first kappa shape index (κ1) is 17.7. The summed E-state index contributed by atoms with van der Waals surface area (Å²) in [5.74, 6) is 0. The summed E-state index contributed by atoms with van der Waals surface area (Å²) in [6, 6.07) is 36.5. The molecule has 6 aromatic rings. The van der Waals surface area contributed by atoms with Gasteiger partial charge in [0.1, 0.15) is 0 Å². The van der Waals surface area contributed by atoms with Crippen LogP contribution in [0.2, 0.25) is 5.02 Å². The summed E-state index contributed by atoms with van der Waals surface area (Å²) in [7, 11) is 0. The highest BCUT2D eigenvalue weighted by Crippen LogP contribution is 2.43. The zero-order chi connectivity index (χ0) is 20.1. The molecule has 0 atom stereocenters. The van der Waals surface area contributed by atoms with Gasteiger partial charge in [-0.25, -0.2) is 0 Å². The molecule has 0 aliphatic heterocycles. The molecule has 0 fully saturated rings. The predicted molar refractivity (Wildman–Crippen MR) is 133 cm³/mol. The highest BCUT2D eigenvalue weighted by Gasteiger charge is 2.14. The lowest BCUT2D eigenvalue weighted by Gasteiger charge is -2.12. The standard InChI is InChI=1S/C28H17ClS/c29-25-12-6-11-21(18-7-2-1-3-8-18)27(25)20-14-15-23-24-16-13-19-9-4-5-10-22(19)28(24)30-26(23)17-20/h1-17H. The van der Waals surface area contributed by atoms with Gasteiger partial charge >= 0.3 is 0 Å². The molecule has 0 spiro atoms.